The number of carboxylic acid groups (broad SMARTS) is 1. The molecule has 0 fully saturated rings. The molecule has 5 unspecified atom stereocenters. The van der Waals surface area contributed by atoms with Gasteiger partial charge in [0.05, 0.1) is 12.4 Å². The van der Waals surface area contributed by atoms with Gasteiger partial charge >= 0.3 is 5.97 Å². The van der Waals surface area contributed by atoms with Crippen LogP contribution in [0.4, 0.5) is 0 Å². The number of nitrogens with two attached hydrogens (primary N) is 2. The lowest BCUT2D eigenvalue weighted by Crippen LogP contribution is -2.57. The Morgan fingerprint density at radius 3 is 2.19 bits per heavy atom. The number of nitrogens with zero attached hydrogens (tertiary/aromatic N) is 1. The van der Waals surface area contributed by atoms with E-state index < -0.39 is 47.9 Å². The summed E-state index contributed by atoms with van der Waals surface area (Å²) < 4.78 is 0. The lowest BCUT2D eigenvalue weighted by molar-refractivity contribution is -0.142. The Kier molecular flexibility index (Phi) is 14.8. The van der Waals surface area contributed by atoms with Crippen LogP contribution in [-0.4, -0.2) is 81.5 Å². The zero-order chi connectivity index (χ0) is 27.1. The van der Waals surface area contributed by atoms with Crippen molar-refractivity contribution >= 4 is 35.5 Å². The number of rotatable bonds is 18. The second-order valence-corrected chi connectivity index (χ2v) is 9.77. The zero-order valence-electron chi connectivity index (χ0n) is 21.3. The third-order valence-electron chi connectivity index (χ3n) is 5.98. The van der Waals surface area contributed by atoms with Crippen LogP contribution in [0.1, 0.15) is 51.6 Å². The highest BCUT2D eigenvalue weighted by molar-refractivity contribution is 7.98. The second-order valence-electron chi connectivity index (χ2n) is 8.78. The Morgan fingerprint density at radius 2 is 1.67 bits per heavy atom. The maximum Gasteiger partial charge on any atom is 0.326 e. The van der Waals surface area contributed by atoms with Gasteiger partial charge in [0.15, 0.2) is 0 Å². The maximum atomic E-state index is 13.2. The van der Waals surface area contributed by atoms with Crippen molar-refractivity contribution in [2.24, 2.45) is 17.4 Å². The van der Waals surface area contributed by atoms with Gasteiger partial charge in [-0.05, 0) is 50.2 Å². The average molecular weight is 528 g/mol. The summed E-state index contributed by atoms with van der Waals surface area (Å²) in [6.07, 6.45) is 7.29. The first-order chi connectivity index (χ1) is 17.1. The minimum atomic E-state index is -1.22. The van der Waals surface area contributed by atoms with Crippen LogP contribution in [0.5, 0.6) is 0 Å². The number of imidazole rings is 1. The van der Waals surface area contributed by atoms with E-state index in [0.29, 0.717) is 43.7 Å². The molecule has 0 aliphatic rings. The van der Waals surface area contributed by atoms with Gasteiger partial charge in [0.2, 0.25) is 17.7 Å². The average Bonchev–Trinajstić information content (AvgIpc) is 3.37. The Hall–Kier alpha value is -2.64. The number of H-pyrrole nitrogens is 1. The molecule has 0 aromatic carbocycles. The van der Waals surface area contributed by atoms with E-state index in [9.17, 15) is 24.3 Å². The Labute approximate surface area is 216 Å². The number of aliphatic carboxylic acids is 1. The zero-order valence-corrected chi connectivity index (χ0v) is 22.1. The molecular weight excluding hydrogens is 486 g/mol. The molecule has 9 N–H and O–H groups in total. The molecule has 1 heterocycles. The fourth-order valence-electron chi connectivity index (χ4n) is 3.41. The van der Waals surface area contributed by atoms with Gasteiger partial charge in [0.1, 0.15) is 18.1 Å². The second kappa shape index (κ2) is 16.9. The summed E-state index contributed by atoms with van der Waals surface area (Å²) in [5.74, 6) is -2.26. The largest absolute Gasteiger partial charge is 0.480 e. The van der Waals surface area contributed by atoms with Crippen LogP contribution < -0.4 is 27.4 Å². The first-order valence-electron chi connectivity index (χ1n) is 12.2. The molecule has 0 saturated carbocycles. The standard InChI is InChI=1S/C23H41N7O5S/c1-4-14(2)19(25)22(33)29-17(8-10-36-3)21(32)28-16(7-5-6-9-24)20(31)30-18(23(34)35)11-15-12-26-13-27-15/h12-14,16-19H,4-11,24-25H2,1-3H3,(H,26,27)(H,28,32)(H,29,33)(H,30,31)(H,34,35). The number of aromatic nitrogens is 2. The summed E-state index contributed by atoms with van der Waals surface area (Å²) in [7, 11) is 0. The number of nitrogens with one attached hydrogen (secondary N) is 4. The smallest absolute Gasteiger partial charge is 0.326 e. The van der Waals surface area contributed by atoms with E-state index in [4.69, 9.17) is 11.5 Å². The first kappa shape index (κ1) is 31.4. The molecule has 36 heavy (non-hydrogen) atoms. The third-order valence-corrected chi connectivity index (χ3v) is 6.62. The molecule has 0 aliphatic heterocycles. The van der Waals surface area contributed by atoms with Gasteiger partial charge in [-0.1, -0.05) is 20.3 Å². The maximum absolute atomic E-state index is 13.2. The van der Waals surface area contributed by atoms with Crippen LogP contribution in [0.15, 0.2) is 12.5 Å². The molecule has 0 saturated heterocycles. The van der Waals surface area contributed by atoms with E-state index in [1.54, 1.807) is 0 Å². The number of amides is 3. The van der Waals surface area contributed by atoms with Crippen LogP contribution in [0, 0.1) is 5.92 Å². The number of thioether (sulfide) groups is 1. The monoisotopic (exact) mass is 527 g/mol. The van der Waals surface area contributed by atoms with E-state index >= 15 is 0 Å². The van der Waals surface area contributed by atoms with Crippen molar-refractivity contribution in [3.05, 3.63) is 18.2 Å². The van der Waals surface area contributed by atoms with E-state index in [-0.39, 0.29) is 18.8 Å². The van der Waals surface area contributed by atoms with Crippen molar-refractivity contribution in [1.82, 2.24) is 25.9 Å². The van der Waals surface area contributed by atoms with Crippen LogP contribution in [-0.2, 0) is 25.6 Å². The van der Waals surface area contributed by atoms with Crippen LogP contribution in [0.2, 0.25) is 0 Å². The molecule has 204 valence electrons. The molecule has 1 rings (SSSR count). The molecule has 0 spiro atoms. The molecule has 12 nitrogen and oxygen atoms in total. The van der Waals surface area contributed by atoms with Gasteiger partial charge in [-0.25, -0.2) is 9.78 Å². The highest BCUT2D eigenvalue weighted by atomic mass is 32.2. The minimum Gasteiger partial charge on any atom is -0.480 e. The van der Waals surface area contributed by atoms with Crippen LogP contribution in [0.25, 0.3) is 0 Å². The highest BCUT2D eigenvalue weighted by Gasteiger charge is 2.31. The van der Waals surface area contributed by atoms with Crippen molar-refractivity contribution in [3.8, 4) is 0 Å². The SMILES string of the molecule is CCC(C)C(N)C(=O)NC(CCSC)C(=O)NC(CCCCN)C(=O)NC(Cc1cnc[nH]1)C(=O)O. The van der Waals surface area contributed by atoms with Crippen molar-refractivity contribution in [3.63, 3.8) is 0 Å². The lowest BCUT2D eigenvalue weighted by Gasteiger charge is -2.26. The number of hydrogen-bond acceptors (Lipinski definition) is 8. The van der Waals surface area contributed by atoms with Crippen molar-refractivity contribution in [2.45, 2.75) is 76.5 Å². The summed E-state index contributed by atoms with van der Waals surface area (Å²) in [6.45, 7) is 4.21. The van der Waals surface area contributed by atoms with E-state index in [1.807, 2.05) is 20.1 Å². The summed E-state index contributed by atoms with van der Waals surface area (Å²) >= 11 is 1.52. The van der Waals surface area contributed by atoms with Gasteiger partial charge in [0.25, 0.3) is 0 Å². The number of carbonyl (C=O) groups is 4. The van der Waals surface area contributed by atoms with Gasteiger partial charge in [-0.2, -0.15) is 11.8 Å². The van der Waals surface area contributed by atoms with E-state index in [2.05, 4.69) is 25.9 Å². The fourth-order valence-corrected chi connectivity index (χ4v) is 3.88. The molecule has 0 radical (unpaired) electrons. The summed E-state index contributed by atoms with van der Waals surface area (Å²) in [5.41, 5.74) is 12.1. The van der Waals surface area contributed by atoms with Crippen LogP contribution in [0.3, 0.4) is 0 Å². The molecule has 5 atom stereocenters. The normalized spacial score (nSPS) is 15.2. The van der Waals surface area contributed by atoms with Gasteiger partial charge in [0, 0.05) is 18.3 Å². The predicted molar refractivity (Wildman–Crippen MR) is 139 cm³/mol. The Balaban J connectivity index is 2.97. The molecule has 13 heteroatoms. The summed E-state index contributed by atoms with van der Waals surface area (Å²) in [6, 6.07) is -3.86. The first-order valence-corrected chi connectivity index (χ1v) is 13.6. The Bertz CT molecular complexity index is 824. The third kappa shape index (κ3) is 11.0. The molecular formula is C23H41N7O5S. The quantitative estimate of drug-likeness (QED) is 0.125. The van der Waals surface area contributed by atoms with Gasteiger partial charge in [-0.15, -0.1) is 0 Å². The molecule has 3 amide bonds. The van der Waals surface area contributed by atoms with Gasteiger partial charge in [-0.3, -0.25) is 14.4 Å². The molecule has 1 aromatic heterocycles. The topological polar surface area (TPSA) is 205 Å². The number of unbranched alkanes of at least 4 members (excludes halogenated alkanes) is 1. The number of hydrogen-bond donors (Lipinski definition) is 7. The van der Waals surface area contributed by atoms with Crippen molar-refractivity contribution in [2.75, 3.05) is 18.6 Å². The molecule has 0 bridgehead atoms. The van der Waals surface area contributed by atoms with Gasteiger partial charge < -0.3 is 37.5 Å². The summed E-state index contributed by atoms with van der Waals surface area (Å²) in [4.78, 5) is 57.3. The lowest BCUT2D eigenvalue weighted by atomic mass is 9.99. The van der Waals surface area contributed by atoms with Crippen molar-refractivity contribution in [1.29, 1.82) is 0 Å². The van der Waals surface area contributed by atoms with E-state index in [1.165, 1.54) is 24.3 Å². The fraction of sp³-hybridized carbons (Fsp3) is 0.696. The number of carbonyl (C=O) groups excluding carboxylic acids is 3. The Morgan fingerprint density at radius 1 is 1.06 bits per heavy atom. The van der Waals surface area contributed by atoms with Crippen molar-refractivity contribution < 1.29 is 24.3 Å². The summed E-state index contributed by atoms with van der Waals surface area (Å²) in [5, 5.41) is 17.5. The number of aromatic amines is 1. The number of carboxylic acids is 1. The minimum absolute atomic E-state index is 0.00441. The highest BCUT2D eigenvalue weighted by Crippen LogP contribution is 2.09. The van der Waals surface area contributed by atoms with E-state index in [0.717, 1.165) is 0 Å². The molecule has 1 aromatic rings. The molecule has 0 aliphatic carbocycles. The predicted octanol–water partition coefficient (Wildman–Crippen LogP) is -0.253. The van der Waals surface area contributed by atoms with Crippen LogP contribution >= 0.6 is 11.8 Å².